The molecule has 0 aromatic heterocycles. The lowest BCUT2D eigenvalue weighted by Gasteiger charge is -2.17. The van der Waals surface area contributed by atoms with E-state index in [1.165, 1.54) is 7.11 Å². The van der Waals surface area contributed by atoms with E-state index in [2.05, 4.69) is 10.1 Å². The zero-order chi connectivity index (χ0) is 9.56. The molecule has 0 aliphatic carbocycles. The molecule has 1 amide bonds. The van der Waals surface area contributed by atoms with Gasteiger partial charge in [-0.2, -0.15) is 0 Å². The number of amides is 1. The monoisotopic (exact) mass is 173 g/mol. The Morgan fingerprint density at radius 3 is 2.58 bits per heavy atom. The van der Waals surface area contributed by atoms with Crippen molar-refractivity contribution in [3.8, 4) is 0 Å². The first kappa shape index (κ1) is 10.9. The van der Waals surface area contributed by atoms with Crippen molar-refractivity contribution in [1.29, 1.82) is 0 Å². The van der Waals surface area contributed by atoms with Gasteiger partial charge in [0.05, 0.1) is 13.2 Å². The van der Waals surface area contributed by atoms with E-state index in [-0.39, 0.29) is 5.92 Å². The van der Waals surface area contributed by atoms with E-state index in [0.717, 1.165) is 12.7 Å². The molecule has 0 aliphatic rings. The molecule has 0 spiro atoms. The molecule has 70 valence electrons. The van der Waals surface area contributed by atoms with E-state index in [9.17, 15) is 9.59 Å². The van der Waals surface area contributed by atoms with Crippen molar-refractivity contribution in [3.05, 3.63) is 0 Å². The first-order valence-corrected chi connectivity index (χ1v) is 3.95. The van der Waals surface area contributed by atoms with E-state index < -0.39 is 12.1 Å². The van der Waals surface area contributed by atoms with Crippen LogP contribution in [-0.4, -0.2) is 25.5 Å². The average molecular weight is 173 g/mol. The Hall–Kier alpha value is -1.06. The number of alkyl carbamates (subject to hydrolysis) is 1. The van der Waals surface area contributed by atoms with Gasteiger partial charge in [0, 0.05) is 0 Å². The molecule has 4 heteroatoms. The fourth-order valence-corrected chi connectivity index (χ4v) is 0.759. The number of nitrogens with one attached hydrogen (secondary N) is 1. The van der Waals surface area contributed by atoms with Gasteiger partial charge >= 0.3 is 6.09 Å². The number of ether oxygens (including phenoxy) is 1. The molecule has 0 bridgehead atoms. The second-order valence-corrected chi connectivity index (χ2v) is 2.68. The zero-order valence-corrected chi connectivity index (χ0v) is 7.66. The molecule has 0 aliphatic heterocycles. The van der Waals surface area contributed by atoms with Crippen LogP contribution in [0.2, 0.25) is 0 Å². The van der Waals surface area contributed by atoms with Crippen molar-refractivity contribution in [1.82, 2.24) is 5.32 Å². The summed E-state index contributed by atoms with van der Waals surface area (Å²) >= 11 is 0. The van der Waals surface area contributed by atoms with Crippen LogP contribution in [0.1, 0.15) is 20.3 Å². The number of rotatable bonds is 4. The molecule has 0 aromatic carbocycles. The second-order valence-electron chi connectivity index (χ2n) is 2.68. The third kappa shape index (κ3) is 3.37. The molecular weight excluding hydrogens is 158 g/mol. The van der Waals surface area contributed by atoms with Gasteiger partial charge in [0.1, 0.15) is 6.29 Å². The molecule has 2 atom stereocenters. The number of methoxy groups -OCH3 is 1. The van der Waals surface area contributed by atoms with Gasteiger partial charge in [-0.3, -0.25) is 0 Å². The molecule has 0 fully saturated rings. The third-order valence-electron chi connectivity index (χ3n) is 1.87. The largest absolute Gasteiger partial charge is 0.453 e. The van der Waals surface area contributed by atoms with Crippen molar-refractivity contribution in [2.24, 2.45) is 5.92 Å². The van der Waals surface area contributed by atoms with Gasteiger partial charge in [0.2, 0.25) is 0 Å². The summed E-state index contributed by atoms with van der Waals surface area (Å²) in [5.41, 5.74) is 0. The van der Waals surface area contributed by atoms with Crippen molar-refractivity contribution < 1.29 is 14.3 Å². The summed E-state index contributed by atoms with van der Waals surface area (Å²) in [4.78, 5) is 21.2. The highest BCUT2D eigenvalue weighted by Crippen LogP contribution is 2.05. The van der Waals surface area contributed by atoms with Crippen LogP contribution in [0.25, 0.3) is 0 Å². The molecule has 0 saturated carbocycles. The van der Waals surface area contributed by atoms with E-state index in [0.29, 0.717) is 0 Å². The molecule has 12 heavy (non-hydrogen) atoms. The highest BCUT2D eigenvalue weighted by atomic mass is 16.5. The number of hydrogen-bond acceptors (Lipinski definition) is 3. The van der Waals surface area contributed by atoms with Gasteiger partial charge in [-0.05, 0) is 5.92 Å². The average Bonchev–Trinajstić information content (AvgIpc) is 2.12. The maximum Gasteiger partial charge on any atom is 0.407 e. The molecule has 0 saturated heterocycles. The number of carbonyl (C=O) groups is 2. The molecule has 0 heterocycles. The minimum atomic E-state index is -0.563. The van der Waals surface area contributed by atoms with Crippen molar-refractivity contribution >= 4 is 12.4 Å². The van der Waals surface area contributed by atoms with Crippen LogP contribution < -0.4 is 5.32 Å². The van der Waals surface area contributed by atoms with E-state index in [1.807, 2.05) is 13.8 Å². The number of hydrogen-bond donors (Lipinski definition) is 1. The standard InChI is InChI=1S/C8H15NO3/c1-4-6(2)7(5-10)9-8(11)12-3/h5-7H,4H2,1-3H3,(H,9,11)/t6-,7+/m0/s1. The Morgan fingerprint density at radius 2 is 2.25 bits per heavy atom. The van der Waals surface area contributed by atoms with Crippen LogP contribution >= 0.6 is 0 Å². The first-order chi connectivity index (χ1) is 5.65. The molecule has 0 rings (SSSR count). The summed E-state index contributed by atoms with van der Waals surface area (Å²) in [6.45, 7) is 3.86. The van der Waals surface area contributed by atoms with Gasteiger partial charge in [-0.25, -0.2) is 4.79 Å². The minimum Gasteiger partial charge on any atom is -0.453 e. The third-order valence-corrected chi connectivity index (χ3v) is 1.87. The molecule has 4 nitrogen and oxygen atoms in total. The zero-order valence-electron chi connectivity index (χ0n) is 7.66. The molecule has 0 aromatic rings. The van der Waals surface area contributed by atoms with Crippen LogP contribution in [0.4, 0.5) is 4.79 Å². The molecule has 1 N–H and O–H groups in total. The SMILES string of the molecule is CC[C@H](C)[C@@H](C=O)NC(=O)OC. The summed E-state index contributed by atoms with van der Waals surface area (Å²) in [5.74, 6) is 0.140. The molecule has 0 unspecified atom stereocenters. The van der Waals surface area contributed by atoms with E-state index >= 15 is 0 Å². The predicted molar refractivity (Wildman–Crippen MR) is 44.8 cm³/mol. The van der Waals surface area contributed by atoms with E-state index in [1.54, 1.807) is 0 Å². The quantitative estimate of drug-likeness (QED) is 0.644. The van der Waals surface area contributed by atoms with Crippen LogP contribution in [0, 0.1) is 5.92 Å². The van der Waals surface area contributed by atoms with Crippen molar-refractivity contribution in [2.45, 2.75) is 26.3 Å². The lowest BCUT2D eigenvalue weighted by Crippen LogP contribution is -2.40. The van der Waals surface area contributed by atoms with Crippen LogP contribution in [0.15, 0.2) is 0 Å². The highest BCUT2D eigenvalue weighted by Gasteiger charge is 2.16. The maximum atomic E-state index is 10.7. The van der Waals surface area contributed by atoms with Gasteiger partial charge in [-0.1, -0.05) is 20.3 Å². The fourth-order valence-electron chi connectivity index (χ4n) is 0.759. The summed E-state index contributed by atoms with van der Waals surface area (Å²) in [7, 11) is 1.27. The summed E-state index contributed by atoms with van der Waals surface area (Å²) in [6, 6.07) is -0.442. The second kappa shape index (κ2) is 5.57. The lowest BCUT2D eigenvalue weighted by atomic mass is 10.0. The molecular formula is C8H15NO3. The Morgan fingerprint density at radius 1 is 1.67 bits per heavy atom. The summed E-state index contributed by atoms with van der Waals surface area (Å²) in [5, 5.41) is 2.44. The van der Waals surface area contributed by atoms with Crippen molar-refractivity contribution in [2.75, 3.05) is 7.11 Å². The first-order valence-electron chi connectivity index (χ1n) is 3.95. The smallest absolute Gasteiger partial charge is 0.407 e. The topological polar surface area (TPSA) is 55.4 Å². The van der Waals surface area contributed by atoms with Crippen LogP contribution in [0.5, 0.6) is 0 Å². The van der Waals surface area contributed by atoms with E-state index in [4.69, 9.17) is 0 Å². The fraction of sp³-hybridized carbons (Fsp3) is 0.750. The summed E-state index contributed by atoms with van der Waals surface area (Å²) < 4.78 is 4.37. The van der Waals surface area contributed by atoms with Crippen LogP contribution in [0.3, 0.4) is 0 Å². The van der Waals surface area contributed by atoms with Gasteiger partial charge < -0.3 is 14.8 Å². The highest BCUT2D eigenvalue weighted by molar-refractivity contribution is 5.73. The molecule has 0 radical (unpaired) electrons. The van der Waals surface area contributed by atoms with Crippen molar-refractivity contribution in [3.63, 3.8) is 0 Å². The van der Waals surface area contributed by atoms with Gasteiger partial charge in [0.15, 0.2) is 0 Å². The normalized spacial score (nSPS) is 14.6. The Bertz CT molecular complexity index is 158. The Balaban J connectivity index is 3.98. The number of aldehydes is 1. The summed E-state index contributed by atoms with van der Waals surface area (Å²) in [6.07, 6.45) is 1.01. The number of carbonyl (C=O) groups excluding carboxylic acids is 2. The van der Waals surface area contributed by atoms with Crippen LogP contribution in [-0.2, 0) is 9.53 Å². The Labute approximate surface area is 72.3 Å². The minimum absolute atomic E-state index is 0.140. The maximum absolute atomic E-state index is 10.7. The lowest BCUT2D eigenvalue weighted by molar-refractivity contribution is -0.110. The van der Waals surface area contributed by atoms with Gasteiger partial charge in [-0.15, -0.1) is 0 Å². The Kier molecular flexibility index (Phi) is 5.08. The predicted octanol–water partition coefficient (Wildman–Crippen LogP) is 0.956. The van der Waals surface area contributed by atoms with Gasteiger partial charge in [0.25, 0.3) is 0 Å².